The zero-order valence-corrected chi connectivity index (χ0v) is 7.88. The van der Waals surface area contributed by atoms with Gasteiger partial charge in [-0.3, -0.25) is 4.79 Å². The number of aliphatic carboxylic acids is 1. The summed E-state index contributed by atoms with van der Waals surface area (Å²) >= 11 is 5.71. The molecule has 0 radical (unpaired) electrons. The molecule has 0 aliphatic carbocycles. The Balaban J connectivity index is 2.55. The molecule has 72 valence electrons. The molecule has 0 atom stereocenters. The summed E-state index contributed by atoms with van der Waals surface area (Å²) in [6, 6.07) is 3.43. The highest BCUT2D eigenvalue weighted by atomic mass is 35.5. The van der Waals surface area contributed by atoms with Crippen LogP contribution in [-0.4, -0.2) is 21.0 Å². The number of pyridine rings is 1. The zero-order valence-electron chi connectivity index (χ0n) is 7.12. The maximum atomic E-state index is 10.5. The Bertz CT molecular complexity index is 493. The van der Waals surface area contributed by atoms with Crippen LogP contribution in [0.1, 0.15) is 5.56 Å². The maximum absolute atomic E-state index is 10.5. The summed E-state index contributed by atoms with van der Waals surface area (Å²) in [5, 5.41) is 9.00. The van der Waals surface area contributed by atoms with Crippen molar-refractivity contribution < 1.29 is 9.90 Å². The van der Waals surface area contributed by atoms with Crippen molar-refractivity contribution in [2.75, 3.05) is 0 Å². The lowest BCUT2D eigenvalue weighted by atomic mass is 10.2. The van der Waals surface area contributed by atoms with Gasteiger partial charge in [0.25, 0.3) is 0 Å². The first-order valence-corrected chi connectivity index (χ1v) is 4.39. The number of fused-ring (bicyclic) bond motifs is 1. The normalized spacial score (nSPS) is 10.6. The lowest BCUT2D eigenvalue weighted by molar-refractivity contribution is -0.136. The Labute approximate surface area is 84.5 Å². The van der Waals surface area contributed by atoms with Crippen LogP contribution in [0.5, 0.6) is 0 Å². The van der Waals surface area contributed by atoms with Gasteiger partial charge in [-0.05, 0) is 12.1 Å². The van der Waals surface area contributed by atoms with E-state index in [4.69, 9.17) is 16.7 Å². The molecule has 2 aromatic rings. The van der Waals surface area contributed by atoms with Crippen LogP contribution >= 0.6 is 11.6 Å². The fourth-order valence-electron chi connectivity index (χ4n) is 1.33. The van der Waals surface area contributed by atoms with E-state index < -0.39 is 5.97 Å². The number of carbonyl (C=O) groups is 1. The molecule has 0 aliphatic rings. The van der Waals surface area contributed by atoms with E-state index in [1.807, 2.05) is 0 Å². The number of aromatic amines is 1. The number of nitrogens with one attached hydrogen (secondary N) is 1. The third-order valence-electron chi connectivity index (χ3n) is 1.91. The molecule has 0 spiro atoms. The smallest absolute Gasteiger partial charge is 0.307 e. The van der Waals surface area contributed by atoms with E-state index in [0.717, 1.165) is 5.52 Å². The number of carboxylic acids is 1. The molecule has 0 saturated heterocycles. The van der Waals surface area contributed by atoms with E-state index in [0.29, 0.717) is 16.2 Å². The minimum Gasteiger partial charge on any atom is -0.481 e. The molecule has 0 aliphatic heterocycles. The predicted octanol–water partition coefficient (Wildman–Crippen LogP) is 1.84. The fourth-order valence-corrected chi connectivity index (χ4v) is 1.47. The van der Waals surface area contributed by atoms with Gasteiger partial charge in [0.1, 0.15) is 5.15 Å². The molecule has 0 amide bonds. The van der Waals surface area contributed by atoms with Crippen LogP contribution in [0.15, 0.2) is 18.3 Å². The first kappa shape index (κ1) is 9.02. The number of aromatic nitrogens is 2. The van der Waals surface area contributed by atoms with Gasteiger partial charge in [-0.2, -0.15) is 0 Å². The molecule has 0 bridgehead atoms. The van der Waals surface area contributed by atoms with Crippen molar-refractivity contribution in [2.45, 2.75) is 6.42 Å². The molecular weight excluding hydrogens is 204 g/mol. The van der Waals surface area contributed by atoms with Crippen molar-refractivity contribution >= 4 is 28.6 Å². The molecule has 5 heteroatoms. The summed E-state index contributed by atoms with van der Waals surface area (Å²) in [5.41, 5.74) is 2.07. The second kappa shape index (κ2) is 3.31. The van der Waals surface area contributed by atoms with Crippen LogP contribution in [0, 0.1) is 0 Å². The molecule has 4 nitrogen and oxygen atoms in total. The van der Waals surface area contributed by atoms with Crippen molar-refractivity contribution in [2.24, 2.45) is 0 Å². The summed E-state index contributed by atoms with van der Waals surface area (Å²) in [7, 11) is 0. The SMILES string of the molecule is O=C(O)Cc1c[nH]c2ccc(Cl)nc12. The molecule has 0 fully saturated rings. The summed E-state index contributed by atoms with van der Waals surface area (Å²) < 4.78 is 0. The minimum absolute atomic E-state index is 0.0483. The van der Waals surface area contributed by atoms with Crippen LogP contribution in [-0.2, 0) is 11.2 Å². The van der Waals surface area contributed by atoms with Crippen molar-refractivity contribution in [1.82, 2.24) is 9.97 Å². The standard InChI is InChI=1S/C9H7ClN2O2/c10-7-2-1-6-9(12-7)5(4-11-6)3-8(13)14/h1-2,4,11H,3H2,(H,13,14). The summed E-state index contributed by atoms with van der Waals surface area (Å²) in [6.45, 7) is 0. The number of nitrogens with zero attached hydrogens (tertiary/aromatic N) is 1. The number of H-pyrrole nitrogens is 1. The first-order chi connectivity index (χ1) is 6.66. The number of hydrogen-bond acceptors (Lipinski definition) is 2. The lowest BCUT2D eigenvalue weighted by Crippen LogP contribution is -1.99. The predicted molar refractivity (Wildman–Crippen MR) is 52.4 cm³/mol. The van der Waals surface area contributed by atoms with Gasteiger partial charge in [-0.1, -0.05) is 11.6 Å². The van der Waals surface area contributed by atoms with Crippen molar-refractivity contribution in [3.63, 3.8) is 0 Å². The highest BCUT2D eigenvalue weighted by Crippen LogP contribution is 2.18. The van der Waals surface area contributed by atoms with Crippen molar-refractivity contribution in [3.05, 3.63) is 29.0 Å². The largest absolute Gasteiger partial charge is 0.481 e. The van der Waals surface area contributed by atoms with Gasteiger partial charge in [0.05, 0.1) is 17.5 Å². The molecule has 2 rings (SSSR count). The summed E-state index contributed by atoms with van der Waals surface area (Å²) in [5.74, 6) is -0.882. The molecular formula is C9H7ClN2O2. The molecule has 2 N–H and O–H groups in total. The van der Waals surface area contributed by atoms with E-state index in [1.54, 1.807) is 18.3 Å². The highest BCUT2D eigenvalue weighted by Gasteiger charge is 2.08. The van der Waals surface area contributed by atoms with Crippen LogP contribution in [0.4, 0.5) is 0 Å². The average Bonchev–Trinajstić information content (AvgIpc) is 2.47. The molecule has 0 unspecified atom stereocenters. The van der Waals surface area contributed by atoms with Gasteiger partial charge in [0, 0.05) is 11.8 Å². The summed E-state index contributed by atoms with van der Waals surface area (Å²) in [6.07, 6.45) is 1.59. The van der Waals surface area contributed by atoms with Gasteiger partial charge in [-0.15, -0.1) is 0 Å². The quantitative estimate of drug-likeness (QED) is 0.744. The van der Waals surface area contributed by atoms with Gasteiger partial charge in [0.15, 0.2) is 0 Å². The number of rotatable bonds is 2. The van der Waals surface area contributed by atoms with E-state index >= 15 is 0 Å². The van der Waals surface area contributed by atoms with Gasteiger partial charge in [0.2, 0.25) is 0 Å². The maximum Gasteiger partial charge on any atom is 0.307 e. The second-order valence-electron chi connectivity index (χ2n) is 2.91. The van der Waals surface area contributed by atoms with Gasteiger partial charge < -0.3 is 10.1 Å². The van der Waals surface area contributed by atoms with Crippen LogP contribution in [0.25, 0.3) is 11.0 Å². The van der Waals surface area contributed by atoms with Crippen molar-refractivity contribution in [3.8, 4) is 0 Å². The number of carboxylic acid groups (broad SMARTS) is 1. The zero-order chi connectivity index (χ0) is 10.1. The fraction of sp³-hybridized carbons (Fsp3) is 0.111. The Morgan fingerprint density at radius 3 is 3.07 bits per heavy atom. The Kier molecular flexibility index (Phi) is 2.13. The van der Waals surface area contributed by atoms with Crippen LogP contribution in [0.2, 0.25) is 5.15 Å². The van der Waals surface area contributed by atoms with Gasteiger partial charge in [-0.25, -0.2) is 4.98 Å². The van der Waals surface area contributed by atoms with Gasteiger partial charge >= 0.3 is 5.97 Å². The third-order valence-corrected chi connectivity index (χ3v) is 2.12. The first-order valence-electron chi connectivity index (χ1n) is 4.01. The molecule has 2 heterocycles. The van der Waals surface area contributed by atoms with E-state index in [1.165, 1.54) is 0 Å². The minimum atomic E-state index is -0.882. The topological polar surface area (TPSA) is 66.0 Å². The Morgan fingerprint density at radius 1 is 1.57 bits per heavy atom. The number of halogens is 1. The molecule has 14 heavy (non-hydrogen) atoms. The van der Waals surface area contributed by atoms with E-state index in [2.05, 4.69) is 9.97 Å². The molecule has 2 aromatic heterocycles. The van der Waals surface area contributed by atoms with Crippen molar-refractivity contribution in [1.29, 1.82) is 0 Å². The summed E-state index contributed by atoms with van der Waals surface area (Å²) in [4.78, 5) is 17.5. The van der Waals surface area contributed by atoms with Crippen LogP contribution in [0.3, 0.4) is 0 Å². The second-order valence-corrected chi connectivity index (χ2v) is 3.30. The average molecular weight is 211 g/mol. The number of hydrogen-bond donors (Lipinski definition) is 2. The lowest BCUT2D eigenvalue weighted by Gasteiger charge is -1.94. The molecule has 0 saturated carbocycles. The third kappa shape index (κ3) is 1.56. The monoisotopic (exact) mass is 210 g/mol. The van der Waals surface area contributed by atoms with Crippen LogP contribution < -0.4 is 0 Å². The Hall–Kier alpha value is -1.55. The van der Waals surface area contributed by atoms with E-state index in [-0.39, 0.29) is 6.42 Å². The Morgan fingerprint density at radius 2 is 2.36 bits per heavy atom. The molecule has 0 aromatic carbocycles. The highest BCUT2D eigenvalue weighted by molar-refractivity contribution is 6.29. The van der Waals surface area contributed by atoms with E-state index in [9.17, 15) is 4.79 Å².